The Morgan fingerprint density at radius 2 is 1.87 bits per heavy atom. The van der Waals surface area contributed by atoms with E-state index in [0.717, 1.165) is 38.3 Å². The van der Waals surface area contributed by atoms with Crippen LogP contribution in [0.3, 0.4) is 0 Å². The third kappa shape index (κ3) is 2.19. The van der Waals surface area contributed by atoms with Gasteiger partial charge in [-0.05, 0) is 43.5 Å². The van der Waals surface area contributed by atoms with Crippen molar-refractivity contribution in [3.63, 3.8) is 0 Å². The molecule has 1 unspecified atom stereocenters. The molecule has 3 heterocycles. The third-order valence-corrected chi connectivity index (χ3v) is 5.34. The van der Waals surface area contributed by atoms with Crippen molar-refractivity contribution in [2.24, 2.45) is 0 Å². The molecule has 3 aromatic rings. The fraction of sp³-hybridized carbons (Fsp3) is 0.222. The first kappa shape index (κ1) is 14.2. The zero-order valence-corrected chi connectivity index (χ0v) is 14.0. The molecule has 2 aromatic heterocycles. The lowest BCUT2D eigenvalue weighted by atomic mass is 10.0. The van der Waals surface area contributed by atoms with E-state index in [0.29, 0.717) is 4.88 Å². The zero-order valence-electron chi connectivity index (χ0n) is 13.2. The normalized spacial score (nSPS) is 16.8. The van der Waals surface area contributed by atoms with E-state index in [1.54, 1.807) is 0 Å². The van der Waals surface area contributed by atoms with E-state index in [9.17, 15) is 4.79 Å². The fourth-order valence-electron chi connectivity index (χ4n) is 3.18. The Bertz CT molecular complexity index is 945. The smallest absolute Gasteiger partial charge is 0.265 e. The number of aromatic nitrogens is 1. The minimum Gasteiger partial charge on any atom is -0.360 e. The van der Waals surface area contributed by atoms with E-state index < -0.39 is 0 Å². The van der Waals surface area contributed by atoms with Gasteiger partial charge in [0.25, 0.3) is 5.91 Å². The summed E-state index contributed by atoms with van der Waals surface area (Å²) in [4.78, 5) is 18.8. The van der Waals surface area contributed by atoms with Gasteiger partial charge >= 0.3 is 0 Å². The number of hydrogen-bond donors (Lipinski definition) is 2. The van der Waals surface area contributed by atoms with Gasteiger partial charge in [0.1, 0.15) is 15.9 Å². The van der Waals surface area contributed by atoms with Gasteiger partial charge in [-0.15, -0.1) is 11.3 Å². The Balaban J connectivity index is 1.88. The second-order valence-electron chi connectivity index (χ2n) is 5.97. The first-order valence-corrected chi connectivity index (χ1v) is 8.40. The van der Waals surface area contributed by atoms with Crippen molar-refractivity contribution in [1.29, 1.82) is 0 Å². The zero-order chi connectivity index (χ0) is 16.1. The maximum atomic E-state index is 12.6. The highest BCUT2D eigenvalue weighted by Gasteiger charge is 2.30. The number of nitrogens with zero attached hydrogens (tertiary/aromatic N) is 1. The summed E-state index contributed by atoms with van der Waals surface area (Å²) < 4.78 is 0. The predicted molar refractivity (Wildman–Crippen MR) is 94.1 cm³/mol. The van der Waals surface area contributed by atoms with Crippen LogP contribution in [-0.2, 0) is 0 Å². The standard InChI is InChI=1S/C18H17N3OS/c1-9-6-4-5-7-12(9)16-20-14-13-10(2)8-11(3)19-18(13)23-15(14)17(22)21-16/h4-8,16,20H,1-3H3,(H,21,22). The second kappa shape index (κ2) is 5.06. The van der Waals surface area contributed by atoms with E-state index in [-0.39, 0.29) is 12.1 Å². The number of carbonyl (C=O) groups excluding carboxylic acids is 1. The average Bonchev–Trinajstić information content (AvgIpc) is 2.86. The number of rotatable bonds is 1. The number of pyridine rings is 1. The molecule has 5 heteroatoms. The van der Waals surface area contributed by atoms with Crippen LogP contribution in [0.5, 0.6) is 0 Å². The van der Waals surface area contributed by atoms with Gasteiger partial charge < -0.3 is 10.6 Å². The third-order valence-electron chi connectivity index (χ3n) is 4.26. The minimum absolute atomic E-state index is 0.0351. The summed E-state index contributed by atoms with van der Waals surface area (Å²) in [7, 11) is 0. The maximum Gasteiger partial charge on any atom is 0.265 e. The summed E-state index contributed by atoms with van der Waals surface area (Å²) >= 11 is 1.45. The molecule has 116 valence electrons. The highest BCUT2D eigenvalue weighted by molar-refractivity contribution is 7.21. The number of amides is 1. The molecule has 0 radical (unpaired) electrons. The monoisotopic (exact) mass is 323 g/mol. The number of anilines is 1. The van der Waals surface area contributed by atoms with E-state index in [1.165, 1.54) is 11.3 Å². The molecule has 4 rings (SSSR count). The molecule has 0 saturated carbocycles. The van der Waals surface area contributed by atoms with Crippen molar-refractivity contribution in [2.45, 2.75) is 26.9 Å². The Hall–Kier alpha value is -2.40. The largest absolute Gasteiger partial charge is 0.360 e. The average molecular weight is 323 g/mol. The van der Waals surface area contributed by atoms with Crippen LogP contribution in [0.25, 0.3) is 10.2 Å². The molecule has 0 fully saturated rings. The Kier molecular flexibility index (Phi) is 3.13. The van der Waals surface area contributed by atoms with Gasteiger partial charge in [-0.1, -0.05) is 24.3 Å². The van der Waals surface area contributed by atoms with Gasteiger partial charge in [-0.3, -0.25) is 4.79 Å². The number of benzene rings is 1. The summed E-state index contributed by atoms with van der Waals surface area (Å²) in [6.07, 6.45) is -0.213. The quantitative estimate of drug-likeness (QED) is 0.709. The first-order valence-electron chi connectivity index (χ1n) is 7.58. The Morgan fingerprint density at radius 3 is 2.65 bits per heavy atom. The molecule has 1 atom stereocenters. The van der Waals surface area contributed by atoms with Crippen LogP contribution in [0.2, 0.25) is 0 Å². The van der Waals surface area contributed by atoms with E-state index in [2.05, 4.69) is 41.6 Å². The van der Waals surface area contributed by atoms with Gasteiger partial charge in [-0.25, -0.2) is 4.98 Å². The van der Waals surface area contributed by atoms with Crippen LogP contribution < -0.4 is 10.6 Å². The van der Waals surface area contributed by atoms with Crippen molar-refractivity contribution < 1.29 is 4.79 Å². The van der Waals surface area contributed by atoms with Crippen molar-refractivity contribution >= 4 is 33.1 Å². The van der Waals surface area contributed by atoms with Crippen molar-refractivity contribution in [2.75, 3.05) is 5.32 Å². The lowest BCUT2D eigenvalue weighted by molar-refractivity contribution is 0.0940. The minimum atomic E-state index is -0.213. The highest BCUT2D eigenvalue weighted by atomic mass is 32.1. The van der Waals surface area contributed by atoms with Crippen LogP contribution in [0, 0.1) is 20.8 Å². The maximum absolute atomic E-state index is 12.6. The molecule has 1 amide bonds. The molecule has 2 N–H and O–H groups in total. The molecular weight excluding hydrogens is 306 g/mol. The molecule has 1 aromatic carbocycles. The SMILES string of the molecule is Cc1cc(C)c2c3c(sc2n1)C(=O)NC(c1ccccc1C)N3. The summed E-state index contributed by atoms with van der Waals surface area (Å²) in [5, 5.41) is 7.62. The van der Waals surface area contributed by atoms with Crippen LogP contribution in [0.15, 0.2) is 30.3 Å². The van der Waals surface area contributed by atoms with Crippen LogP contribution in [0.4, 0.5) is 5.69 Å². The summed E-state index contributed by atoms with van der Waals surface area (Å²) in [5.74, 6) is -0.0351. The number of thiophene rings is 1. The summed E-state index contributed by atoms with van der Waals surface area (Å²) in [5.41, 5.74) is 5.27. The molecule has 0 bridgehead atoms. The molecule has 1 aliphatic heterocycles. The van der Waals surface area contributed by atoms with Crippen molar-refractivity contribution in [1.82, 2.24) is 10.3 Å². The van der Waals surface area contributed by atoms with E-state index in [1.807, 2.05) is 25.1 Å². The summed E-state index contributed by atoms with van der Waals surface area (Å²) in [6.45, 7) is 6.11. The fourth-order valence-corrected chi connectivity index (χ4v) is 4.35. The van der Waals surface area contributed by atoms with E-state index in [4.69, 9.17) is 0 Å². The van der Waals surface area contributed by atoms with Crippen molar-refractivity contribution in [3.8, 4) is 0 Å². The van der Waals surface area contributed by atoms with Crippen LogP contribution in [0.1, 0.15) is 38.2 Å². The van der Waals surface area contributed by atoms with Gasteiger partial charge in [0, 0.05) is 11.1 Å². The molecule has 0 spiro atoms. The topological polar surface area (TPSA) is 54.0 Å². The lowest BCUT2D eigenvalue weighted by Gasteiger charge is -2.27. The van der Waals surface area contributed by atoms with Gasteiger partial charge in [0.05, 0.1) is 5.69 Å². The second-order valence-corrected chi connectivity index (χ2v) is 6.97. The van der Waals surface area contributed by atoms with Crippen LogP contribution in [-0.4, -0.2) is 10.9 Å². The molecule has 23 heavy (non-hydrogen) atoms. The molecule has 4 nitrogen and oxygen atoms in total. The van der Waals surface area contributed by atoms with Gasteiger partial charge in [0.15, 0.2) is 0 Å². The number of nitrogens with one attached hydrogen (secondary N) is 2. The first-order chi connectivity index (χ1) is 11.0. The highest BCUT2D eigenvalue weighted by Crippen LogP contribution is 2.41. The molecule has 0 saturated heterocycles. The number of fused-ring (bicyclic) bond motifs is 3. The lowest BCUT2D eigenvalue weighted by Crippen LogP contribution is -2.38. The van der Waals surface area contributed by atoms with Crippen LogP contribution >= 0.6 is 11.3 Å². The van der Waals surface area contributed by atoms with Gasteiger partial charge in [-0.2, -0.15) is 0 Å². The van der Waals surface area contributed by atoms with Gasteiger partial charge in [0.2, 0.25) is 0 Å². The Labute approximate surface area is 138 Å². The van der Waals surface area contributed by atoms with E-state index >= 15 is 0 Å². The molecule has 0 aliphatic carbocycles. The molecule has 1 aliphatic rings. The summed E-state index contributed by atoms with van der Waals surface area (Å²) in [6, 6.07) is 10.2. The predicted octanol–water partition coefficient (Wildman–Crippen LogP) is 4.08. The number of aryl methyl sites for hydroxylation is 3. The Morgan fingerprint density at radius 1 is 1.09 bits per heavy atom. The molecular formula is C18H17N3OS. The number of carbonyl (C=O) groups is 1. The van der Waals surface area contributed by atoms with Crippen molar-refractivity contribution in [3.05, 3.63) is 57.6 Å². The number of hydrogen-bond acceptors (Lipinski definition) is 4.